The Morgan fingerprint density at radius 1 is 1.35 bits per heavy atom. The van der Waals surface area contributed by atoms with Crippen LogP contribution in [0.2, 0.25) is 0 Å². The van der Waals surface area contributed by atoms with Crippen molar-refractivity contribution in [2.45, 2.75) is 4.90 Å². The number of nitrogens with one attached hydrogen (secondary N) is 2. The lowest BCUT2D eigenvalue weighted by molar-refractivity contribution is 0.0957. The van der Waals surface area contributed by atoms with Crippen molar-refractivity contribution in [1.82, 2.24) is 15.5 Å². The van der Waals surface area contributed by atoms with E-state index in [4.69, 9.17) is 0 Å². The predicted octanol–water partition coefficient (Wildman–Crippen LogP) is 1.04. The van der Waals surface area contributed by atoms with E-state index < -0.39 is 0 Å². The van der Waals surface area contributed by atoms with Crippen molar-refractivity contribution in [2.24, 2.45) is 0 Å². The minimum atomic E-state index is -0.173. The van der Waals surface area contributed by atoms with Gasteiger partial charge in [-0.1, -0.05) is 0 Å². The number of rotatable bonds is 4. The molecular weight excluding hydrogens is 258 g/mol. The molecule has 0 saturated heterocycles. The molecule has 0 aliphatic carbocycles. The maximum Gasteiger partial charge on any atom is 0.316 e. The van der Waals surface area contributed by atoms with E-state index in [1.54, 1.807) is 25.5 Å². The van der Waals surface area contributed by atoms with Gasteiger partial charge >= 0.3 is 6.03 Å². The number of nitrogens with zero attached hydrogens (tertiary/aromatic N) is 1. The van der Waals surface area contributed by atoms with Crippen LogP contribution in [0.3, 0.4) is 0 Å². The molecule has 0 aromatic carbocycles. The second-order valence-electron chi connectivity index (χ2n) is 3.55. The van der Waals surface area contributed by atoms with Crippen LogP contribution in [0.25, 0.3) is 0 Å². The minimum Gasteiger partial charge on any atom is -0.350 e. The number of hydrogen-bond donors (Lipinski definition) is 3. The predicted molar refractivity (Wildman–Crippen MR) is 71.0 cm³/mol. The van der Waals surface area contributed by atoms with Gasteiger partial charge in [-0.15, -0.1) is 24.0 Å². The molecule has 3 amide bonds. The molecule has 2 N–H and O–H groups in total. The molecule has 0 unspecified atom stereocenters. The summed E-state index contributed by atoms with van der Waals surface area (Å²) in [6, 6.07) is 1.54. The van der Waals surface area contributed by atoms with Gasteiger partial charge in [-0.3, -0.25) is 4.79 Å². The average molecular weight is 273 g/mol. The smallest absolute Gasteiger partial charge is 0.316 e. The van der Waals surface area contributed by atoms with Crippen molar-refractivity contribution in [3.8, 4) is 0 Å². The zero-order valence-electron chi connectivity index (χ0n) is 9.69. The molecule has 1 aromatic heterocycles. The van der Waals surface area contributed by atoms with Gasteiger partial charge in [0.15, 0.2) is 0 Å². The highest BCUT2D eigenvalue weighted by Gasteiger charge is 2.07. The fraction of sp³-hybridized carbons (Fsp3) is 0.400. The standard InChI is InChI=1S/C10H15N3O2S2/c1-13(2)10(15)12-4-3-11-9(14)8-5-7(16)6-17-8/h5-6,16H,3-4H2,1-2H3,(H,11,14)(H,12,15). The molecule has 1 rings (SSSR count). The van der Waals surface area contributed by atoms with Crippen LogP contribution >= 0.6 is 24.0 Å². The minimum absolute atomic E-state index is 0.144. The Morgan fingerprint density at radius 3 is 2.53 bits per heavy atom. The monoisotopic (exact) mass is 273 g/mol. The molecule has 0 aliphatic rings. The summed E-state index contributed by atoms with van der Waals surface area (Å²) in [6.45, 7) is 0.806. The van der Waals surface area contributed by atoms with Crippen LogP contribution in [0.15, 0.2) is 16.3 Å². The van der Waals surface area contributed by atoms with Gasteiger partial charge in [-0.05, 0) is 6.07 Å². The van der Waals surface area contributed by atoms with Gasteiger partial charge in [0.05, 0.1) is 4.88 Å². The molecule has 17 heavy (non-hydrogen) atoms. The zero-order valence-corrected chi connectivity index (χ0v) is 11.4. The third-order valence-electron chi connectivity index (χ3n) is 1.90. The number of amides is 3. The van der Waals surface area contributed by atoms with Gasteiger partial charge < -0.3 is 15.5 Å². The Hall–Kier alpha value is -1.21. The van der Waals surface area contributed by atoms with Gasteiger partial charge in [0, 0.05) is 37.5 Å². The van der Waals surface area contributed by atoms with Crippen molar-refractivity contribution >= 4 is 35.9 Å². The van der Waals surface area contributed by atoms with Gasteiger partial charge in [0.1, 0.15) is 0 Å². The van der Waals surface area contributed by atoms with Crippen LogP contribution in [0.5, 0.6) is 0 Å². The summed E-state index contributed by atoms with van der Waals surface area (Å²) in [6.07, 6.45) is 0. The number of thiol groups is 1. The average Bonchev–Trinajstić information content (AvgIpc) is 2.70. The highest BCUT2D eigenvalue weighted by Crippen LogP contribution is 2.16. The summed E-state index contributed by atoms with van der Waals surface area (Å²) in [5.74, 6) is -0.144. The summed E-state index contributed by atoms with van der Waals surface area (Å²) < 4.78 is 0. The van der Waals surface area contributed by atoms with Gasteiger partial charge in [0.2, 0.25) is 0 Å². The Kier molecular flexibility index (Phi) is 5.30. The molecule has 0 spiro atoms. The van der Waals surface area contributed by atoms with E-state index in [-0.39, 0.29) is 11.9 Å². The van der Waals surface area contributed by atoms with Crippen LogP contribution in [0, 0.1) is 0 Å². The topological polar surface area (TPSA) is 61.4 Å². The van der Waals surface area contributed by atoms with E-state index in [0.717, 1.165) is 4.90 Å². The van der Waals surface area contributed by atoms with Crippen molar-refractivity contribution in [3.63, 3.8) is 0 Å². The molecule has 0 atom stereocenters. The van der Waals surface area contributed by atoms with Crippen LogP contribution in [0.4, 0.5) is 4.79 Å². The highest BCUT2D eigenvalue weighted by atomic mass is 32.1. The number of thiophene rings is 1. The molecule has 94 valence electrons. The highest BCUT2D eigenvalue weighted by molar-refractivity contribution is 7.80. The van der Waals surface area contributed by atoms with Crippen LogP contribution in [-0.2, 0) is 0 Å². The summed E-state index contributed by atoms with van der Waals surface area (Å²) in [4.78, 5) is 25.6. The molecule has 1 heterocycles. The molecule has 0 bridgehead atoms. The van der Waals surface area contributed by atoms with Crippen molar-refractivity contribution < 1.29 is 9.59 Å². The van der Waals surface area contributed by atoms with Gasteiger partial charge in [0.25, 0.3) is 5.91 Å². The Labute approximate surface area is 110 Å². The van der Waals surface area contributed by atoms with E-state index in [1.165, 1.54) is 16.2 Å². The molecule has 1 aromatic rings. The summed E-state index contributed by atoms with van der Waals surface area (Å²) >= 11 is 5.47. The van der Waals surface area contributed by atoms with Crippen molar-refractivity contribution in [3.05, 3.63) is 16.3 Å². The lowest BCUT2D eigenvalue weighted by atomic mass is 10.4. The molecule has 0 saturated carbocycles. The molecule has 7 heteroatoms. The van der Waals surface area contributed by atoms with Crippen LogP contribution < -0.4 is 10.6 Å². The number of carbonyl (C=O) groups is 2. The summed E-state index contributed by atoms with van der Waals surface area (Å²) in [5.41, 5.74) is 0. The fourth-order valence-corrected chi connectivity index (χ4v) is 2.10. The first-order chi connectivity index (χ1) is 8.00. The number of urea groups is 1. The lowest BCUT2D eigenvalue weighted by Gasteiger charge is -2.11. The third-order valence-corrected chi connectivity index (χ3v) is 3.26. The maximum absolute atomic E-state index is 11.6. The SMILES string of the molecule is CN(C)C(=O)NCCNC(=O)c1cc(S)cs1. The van der Waals surface area contributed by atoms with E-state index in [2.05, 4.69) is 23.3 Å². The number of hydrogen-bond acceptors (Lipinski definition) is 4. The quantitative estimate of drug-likeness (QED) is 0.567. The fourth-order valence-electron chi connectivity index (χ4n) is 1.04. The largest absolute Gasteiger partial charge is 0.350 e. The van der Waals surface area contributed by atoms with Gasteiger partial charge in [-0.25, -0.2) is 4.79 Å². The Balaban J connectivity index is 2.23. The first-order valence-electron chi connectivity index (χ1n) is 5.01. The molecule has 0 fully saturated rings. The van der Waals surface area contributed by atoms with Gasteiger partial charge in [-0.2, -0.15) is 0 Å². The summed E-state index contributed by atoms with van der Waals surface area (Å²) in [5, 5.41) is 7.16. The normalized spacial score (nSPS) is 9.82. The van der Waals surface area contributed by atoms with E-state index in [1.807, 2.05) is 0 Å². The van der Waals surface area contributed by atoms with E-state index in [9.17, 15) is 9.59 Å². The third kappa shape index (κ3) is 4.66. The van der Waals surface area contributed by atoms with Crippen LogP contribution in [-0.4, -0.2) is 44.0 Å². The van der Waals surface area contributed by atoms with Crippen molar-refractivity contribution in [1.29, 1.82) is 0 Å². The second kappa shape index (κ2) is 6.51. The first-order valence-corrected chi connectivity index (χ1v) is 6.34. The van der Waals surface area contributed by atoms with E-state index in [0.29, 0.717) is 18.0 Å². The maximum atomic E-state index is 11.6. The molecule has 0 radical (unpaired) electrons. The van der Waals surface area contributed by atoms with Crippen molar-refractivity contribution in [2.75, 3.05) is 27.2 Å². The molecule has 0 aliphatic heterocycles. The second-order valence-corrected chi connectivity index (χ2v) is 4.98. The van der Waals surface area contributed by atoms with E-state index >= 15 is 0 Å². The molecule has 5 nitrogen and oxygen atoms in total. The first kappa shape index (κ1) is 13.9. The lowest BCUT2D eigenvalue weighted by Crippen LogP contribution is -2.39. The number of carbonyl (C=O) groups excluding carboxylic acids is 2. The summed E-state index contributed by atoms with van der Waals surface area (Å²) in [7, 11) is 3.32. The Bertz CT molecular complexity index is 404. The zero-order chi connectivity index (χ0) is 12.8. The molecular formula is C10H15N3O2S2. The van der Waals surface area contributed by atoms with Crippen LogP contribution in [0.1, 0.15) is 9.67 Å². The Morgan fingerprint density at radius 2 is 2.00 bits per heavy atom.